The average Bonchev–Trinajstić information content (AvgIpc) is 3.18. The molecule has 6 nitrogen and oxygen atoms in total. The Morgan fingerprint density at radius 3 is 3.08 bits per heavy atom. The summed E-state index contributed by atoms with van der Waals surface area (Å²) in [5.74, 6) is 0.344. The van der Waals surface area contributed by atoms with E-state index in [4.69, 9.17) is 19.0 Å². The summed E-state index contributed by atoms with van der Waals surface area (Å²) < 4.78 is 16.3. The van der Waals surface area contributed by atoms with Crippen LogP contribution in [0, 0.1) is 11.8 Å². The van der Waals surface area contributed by atoms with E-state index in [1.807, 2.05) is 6.92 Å². The topological polar surface area (TPSA) is 66.4 Å². The first kappa shape index (κ1) is 17.4. The highest BCUT2D eigenvalue weighted by molar-refractivity contribution is 5.93. The zero-order chi connectivity index (χ0) is 16.9. The number of rotatable bonds is 3. The highest BCUT2D eigenvalue weighted by Crippen LogP contribution is 2.38. The molecule has 5 atom stereocenters. The number of hydrogen-bond donors (Lipinski definition) is 0. The fraction of sp³-hybridized carbons (Fsp3) is 0.778. The molecule has 1 unspecified atom stereocenters. The molecule has 0 aromatic carbocycles. The maximum absolute atomic E-state index is 12.2. The highest BCUT2D eigenvalue weighted by Gasteiger charge is 2.41. The molecule has 0 aromatic heterocycles. The van der Waals surface area contributed by atoms with E-state index < -0.39 is 6.10 Å². The standard InChI is InChI=1S/C18H27NO5/c1-12-6-4-3-5-7-13-8-14(22-11-21-2)9-15(13)16-10-17(24-19-16)18(20)23-12/h5,7,12-15,17H,3-4,6,8-11H2,1-2H3/b7-5+/t12-,13+,14-,15+,17?/m0/s1. The van der Waals surface area contributed by atoms with Crippen LogP contribution in [0.5, 0.6) is 0 Å². The van der Waals surface area contributed by atoms with Crippen LogP contribution in [0.2, 0.25) is 0 Å². The third-order valence-electron chi connectivity index (χ3n) is 5.05. The van der Waals surface area contributed by atoms with Gasteiger partial charge in [0.1, 0.15) is 6.79 Å². The van der Waals surface area contributed by atoms with Crippen LogP contribution in [0.15, 0.2) is 17.3 Å². The molecule has 0 N–H and O–H groups in total. The van der Waals surface area contributed by atoms with Gasteiger partial charge in [0.2, 0.25) is 6.10 Å². The minimum atomic E-state index is -0.591. The van der Waals surface area contributed by atoms with Crippen molar-refractivity contribution in [2.24, 2.45) is 17.0 Å². The number of oxime groups is 1. The van der Waals surface area contributed by atoms with E-state index in [0.717, 1.165) is 37.8 Å². The summed E-state index contributed by atoms with van der Waals surface area (Å²) >= 11 is 0. The number of allylic oxidation sites excluding steroid dienone is 2. The molecular formula is C18H27NO5. The minimum Gasteiger partial charge on any atom is -0.460 e. The Bertz CT molecular complexity index is 504. The SMILES string of the molecule is COCO[C@H]1C[C@H]2/C=C/CCC[C@H](C)OC(=O)C3CC(=NO3)[C@@H]2C1. The molecule has 1 fully saturated rings. The van der Waals surface area contributed by atoms with Gasteiger partial charge in [-0.2, -0.15) is 0 Å². The molecule has 0 aromatic rings. The van der Waals surface area contributed by atoms with E-state index >= 15 is 0 Å². The Hall–Kier alpha value is -1.40. The number of cyclic esters (lactones) is 1. The molecule has 3 rings (SSSR count). The van der Waals surface area contributed by atoms with E-state index in [0.29, 0.717) is 19.1 Å². The maximum Gasteiger partial charge on any atom is 0.350 e. The molecule has 134 valence electrons. The Labute approximate surface area is 143 Å². The number of ether oxygens (including phenoxy) is 3. The highest BCUT2D eigenvalue weighted by atomic mass is 16.7. The van der Waals surface area contributed by atoms with Crippen LogP contribution in [0.1, 0.15) is 45.4 Å². The van der Waals surface area contributed by atoms with Gasteiger partial charge in [-0.1, -0.05) is 17.3 Å². The number of hydrogen-bond acceptors (Lipinski definition) is 6. The molecule has 2 aliphatic heterocycles. The van der Waals surface area contributed by atoms with Crippen molar-refractivity contribution in [1.29, 1.82) is 0 Å². The minimum absolute atomic E-state index is 0.0781. The molecule has 6 heteroatoms. The second-order valence-corrected chi connectivity index (χ2v) is 6.92. The molecule has 1 aliphatic carbocycles. The zero-order valence-corrected chi connectivity index (χ0v) is 14.5. The van der Waals surface area contributed by atoms with Gasteiger partial charge in [-0.25, -0.2) is 4.79 Å². The predicted octanol–water partition coefficient (Wildman–Crippen LogP) is 2.82. The van der Waals surface area contributed by atoms with Crippen LogP contribution in [0.4, 0.5) is 0 Å². The van der Waals surface area contributed by atoms with Crippen molar-refractivity contribution in [2.45, 2.75) is 63.8 Å². The van der Waals surface area contributed by atoms with Gasteiger partial charge in [0.15, 0.2) is 0 Å². The summed E-state index contributed by atoms with van der Waals surface area (Å²) in [6, 6.07) is 0. The molecule has 2 heterocycles. The van der Waals surface area contributed by atoms with Gasteiger partial charge in [0.25, 0.3) is 0 Å². The van der Waals surface area contributed by atoms with Crippen LogP contribution in [0.3, 0.4) is 0 Å². The van der Waals surface area contributed by atoms with E-state index in [1.54, 1.807) is 7.11 Å². The number of carbonyl (C=O) groups is 1. The number of carbonyl (C=O) groups excluding carboxylic acids is 1. The predicted molar refractivity (Wildman–Crippen MR) is 88.4 cm³/mol. The molecular weight excluding hydrogens is 310 g/mol. The lowest BCUT2D eigenvalue weighted by atomic mass is 9.88. The summed E-state index contributed by atoms with van der Waals surface area (Å²) in [5.41, 5.74) is 0.960. The summed E-state index contributed by atoms with van der Waals surface area (Å²) in [6.45, 7) is 2.24. The first-order valence-electron chi connectivity index (χ1n) is 8.87. The Morgan fingerprint density at radius 2 is 2.25 bits per heavy atom. The van der Waals surface area contributed by atoms with E-state index in [2.05, 4.69) is 17.3 Å². The van der Waals surface area contributed by atoms with Crippen molar-refractivity contribution >= 4 is 11.7 Å². The summed E-state index contributed by atoms with van der Waals surface area (Å²) in [6.07, 6.45) is 9.27. The van der Waals surface area contributed by atoms with Gasteiger partial charge in [0.05, 0.1) is 17.9 Å². The zero-order valence-electron chi connectivity index (χ0n) is 14.5. The first-order chi connectivity index (χ1) is 11.7. The van der Waals surface area contributed by atoms with Crippen LogP contribution >= 0.6 is 0 Å². The lowest BCUT2D eigenvalue weighted by molar-refractivity contribution is -0.160. The third-order valence-corrected chi connectivity index (χ3v) is 5.05. The van der Waals surface area contributed by atoms with Crippen molar-refractivity contribution in [2.75, 3.05) is 13.9 Å². The Kier molecular flexibility index (Phi) is 5.89. The quantitative estimate of drug-likeness (QED) is 0.450. The maximum atomic E-state index is 12.2. The van der Waals surface area contributed by atoms with Crippen LogP contribution in [-0.2, 0) is 23.8 Å². The fourth-order valence-corrected chi connectivity index (χ4v) is 3.79. The smallest absolute Gasteiger partial charge is 0.350 e. The van der Waals surface area contributed by atoms with E-state index in [1.165, 1.54) is 0 Å². The summed E-state index contributed by atoms with van der Waals surface area (Å²) in [5, 5.41) is 4.21. The Morgan fingerprint density at radius 1 is 1.38 bits per heavy atom. The molecule has 0 amide bonds. The fourth-order valence-electron chi connectivity index (χ4n) is 3.79. The molecule has 3 aliphatic rings. The number of esters is 1. The first-order valence-corrected chi connectivity index (χ1v) is 8.87. The van der Waals surface area contributed by atoms with Crippen LogP contribution in [-0.4, -0.2) is 43.9 Å². The van der Waals surface area contributed by atoms with Gasteiger partial charge in [0, 0.05) is 19.4 Å². The molecule has 0 radical (unpaired) electrons. The normalized spacial score (nSPS) is 38.0. The second-order valence-electron chi connectivity index (χ2n) is 6.92. The van der Waals surface area contributed by atoms with Crippen molar-refractivity contribution in [3.8, 4) is 0 Å². The Balaban J connectivity index is 1.72. The summed E-state index contributed by atoms with van der Waals surface area (Å²) in [7, 11) is 1.63. The van der Waals surface area contributed by atoms with Crippen molar-refractivity contribution < 1.29 is 23.8 Å². The van der Waals surface area contributed by atoms with Gasteiger partial charge in [-0.15, -0.1) is 0 Å². The van der Waals surface area contributed by atoms with Crippen molar-refractivity contribution in [3.05, 3.63) is 12.2 Å². The van der Waals surface area contributed by atoms with E-state index in [9.17, 15) is 4.79 Å². The molecule has 1 saturated carbocycles. The van der Waals surface area contributed by atoms with E-state index in [-0.39, 0.29) is 24.1 Å². The number of methoxy groups -OCH3 is 1. The van der Waals surface area contributed by atoms with Crippen LogP contribution in [0.25, 0.3) is 0 Å². The molecule has 24 heavy (non-hydrogen) atoms. The lowest BCUT2D eigenvalue weighted by Gasteiger charge is -2.15. The average molecular weight is 337 g/mol. The second kappa shape index (κ2) is 8.12. The van der Waals surface area contributed by atoms with Crippen molar-refractivity contribution in [3.63, 3.8) is 0 Å². The summed E-state index contributed by atoms with van der Waals surface area (Å²) in [4.78, 5) is 17.6. The van der Waals surface area contributed by atoms with Crippen molar-refractivity contribution in [1.82, 2.24) is 0 Å². The third kappa shape index (κ3) is 4.16. The monoisotopic (exact) mass is 337 g/mol. The van der Waals surface area contributed by atoms with Crippen LogP contribution < -0.4 is 0 Å². The number of fused-ring (bicyclic) bond motifs is 4. The van der Waals surface area contributed by atoms with Gasteiger partial charge >= 0.3 is 5.97 Å². The van der Waals surface area contributed by atoms with Gasteiger partial charge < -0.3 is 19.0 Å². The molecule has 0 saturated heterocycles. The van der Waals surface area contributed by atoms with Gasteiger partial charge in [-0.05, 0) is 44.9 Å². The molecule has 0 spiro atoms. The molecule has 2 bridgehead atoms. The number of nitrogens with zero attached hydrogens (tertiary/aromatic N) is 1. The van der Waals surface area contributed by atoms with Gasteiger partial charge in [-0.3, -0.25) is 0 Å². The largest absolute Gasteiger partial charge is 0.460 e. The lowest BCUT2D eigenvalue weighted by Crippen LogP contribution is -2.28.